The number of nitrogens with one attached hydrogen (secondary N) is 2. The van der Waals surface area contributed by atoms with Crippen molar-refractivity contribution in [3.63, 3.8) is 0 Å². The van der Waals surface area contributed by atoms with Gasteiger partial charge in [0.25, 0.3) is 0 Å². The number of rotatable bonds is 4. The fourth-order valence-electron chi connectivity index (χ4n) is 4.44. The topological polar surface area (TPSA) is 67.8 Å². The largest absolute Gasteiger partial charge is 0.381 e. The van der Waals surface area contributed by atoms with Crippen LogP contribution in [0.1, 0.15) is 38.1 Å². The number of ether oxygens (including phenoxy) is 1. The van der Waals surface area contributed by atoms with Gasteiger partial charge in [0.05, 0.1) is 24.6 Å². The van der Waals surface area contributed by atoms with Crippen molar-refractivity contribution in [3.8, 4) is 0 Å². The molecule has 6 nitrogen and oxygen atoms in total. The molecule has 1 saturated carbocycles. The fraction of sp³-hybridized carbons (Fsp3) is 0.579. The maximum Gasteiger partial charge on any atom is 0.139 e. The minimum atomic E-state index is 0.540. The van der Waals surface area contributed by atoms with Crippen LogP contribution < -0.4 is 5.32 Å². The second kappa shape index (κ2) is 6.42. The average molecular weight is 339 g/mol. The number of aromatic nitrogens is 4. The van der Waals surface area contributed by atoms with Gasteiger partial charge in [-0.15, -0.1) is 0 Å². The van der Waals surface area contributed by atoms with Crippen LogP contribution in [0.2, 0.25) is 0 Å². The van der Waals surface area contributed by atoms with E-state index in [4.69, 9.17) is 4.74 Å². The quantitative estimate of drug-likeness (QED) is 0.767. The SMILES string of the molecule is c1cc2c(ncc3ncn(C4CCC(NCC5CCOC5)CC4)c32)[nH]1. The van der Waals surface area contributed by atoms with Gasteiger partial charge < -0.3 is 19.6 Å². The molecule has 1 aliphatic heterocycles. The molecule has 1 unspecified atom stereocenters. The summed E-state index contributed by atoms with van der Waals surface area (Å²) in [6, 6.07) is 3.30. The Bertz CT molecular complexity index is 855. The summed E-state index contributed by atoms with van der Waals surface area (Å²) in [4.78, 5) is 12.2. The van der Waals surface area contributed by atoms with Crippen LogP contribution in [0.5, 0.6) is 0 Å². The van der Waals surface area contributed by atoms with Crippen LogP contribution >= 0.6 is 0 Å². The fourth-order valence-corrected chi connectivity index (χ4v) is 4.44. The molecule has 0 amide bonds. The van der Waals surface area contributed by atoms with Crippen LogP contribution in [-0.4, -0.2) is 45.3 Å². The maximum atomic E-state index is 5.47. The highest BCUT2D eigenvalue weighted by Gasteiger charge is 2.25. The molecule has 6 heteroatoms. The van der Waals surface area contributed by atoms with E-state index in [-0.39, 0.29) is 0 Å². The first-order valence-corrected chi connectivity index (χ1v) is 9.48. The van der Waals surface area contributed by atoms with E-state index in [9.17, 15) is 0 Å². The Morgan fingerprint density at radius 2 is 2.12 bits per heavy atom. The number of fused-ring (bicyclic) bond motifs is 3. The van der Waals surface area contributed by atoms with Gasteiger partial charge in [0.15, 0.2) is 0 Å². The Labute approximate surface area is 147 Å². The molecule has 3 aromatic heterocycles. The normalized spacial score (nSPS) is 27.4. The Morgan fingerprint density at radius 1 is 1.20 bits per heavy atom. The van der Waals surface area contributed by atoms with Crippen molar-refractivity contribution in [3.05, 3.63) is 24.8 Å². The second-order valence-corrected chi connectivity index (χ2v) is 7.53. The Balaban J connectivity index is 1.29. The first-order chi connectivity index (χ1) is 12.4. The van der Waals surface area contributed by atoms with Crippen molar-refractivity contribution in [2.45, 2.75) is 44.2 Å². The van der Waals surface area contributed by atoms with Gasteiger partial charge in [0.2, 0.25) is 0 Å². The van der Waals surface area contributed by atoms with E-state index in [1.54, 1.807) is 0 Å². The van der Waals surface area contributed by atoms with E-state index >= 15 is 0 Å². The molecule has 0 spiro atoms. The zero-order valence-corrected chi connectivity index (χ0v) is 14.4. The number of imidazole rings is 1. The average Bonchev–Trinajstić information content (AvgIpc) is 3.39. The Morgan fingerprint density at radius 3 is 2.96 bits per heavy atom. The van der Waals surface area contributed by atoms with E-state index in [0.717, 1.165) is 30.9 Å². The summed E-state index contributed by atoms with van der Waals surface area (Å²) in [6.45, 7) is 2.98. The molecule has 0 bridgehead atoms. The van der Waals surface area contributed by atoms with E-state index in [2.05, 4.69) is 30.9 Å². The molecule has 1 saturated heterocycles. The molecule has 3 aromatic rings. The van der Waals surface area contributed by atoms with E-state index in [1.807, 2.05) is 18.7 Å². The summed E-state index contributed by atoms with van der Waals surface area (Å²) in [7, 11) is 0. The molecule has 1 aliphatic carbocycles. The van der Waals surface area contributed by atoms with Gasteiger partial charge in [0.1, 0.15) is 11.2 Å². The highest BCUT2D eigenvalue weighted by atomic mass is 16.5. The van der Waals surface area contributed by atoms with Gasteiger partial charge in [-0.3, -0.25) is 0 Å². The van der Waals surface area contributed by atoms with Crippen molar-refractivity contribution < 1.29 is 4.74 Å². The number of hydrogen-bond donors (Lipinski definition) is 2. The molecule has 2 fully saturated rings. The number of aromatic amines is 1. The molecular weight excluding hydrogens is 314 g/mol. The molecule has 0 aromatic carbocycles. The monoisotopic (exact) mass is 339 g/mol. The number of hydrogen-bond acceptors (Lipinski definition) is 4. The molecule has 0 radical (unpaired) electrons. The third-order valence-electron chi connectivity index (χ3n) is 5.93. The van der Waals surface area contributed by atoms with Gasteiger partial charge in [-0.25, -0.2) is 9.97 Å². The highest BCUT2D eigenvalue weighted by Crippen LogP contribution is 2.33. The highest BCUT2D eigenvalue weighted by molar-refractivity contribution is 6.00. The minimum absolute atomic E-state index is 0.540. The molecule has 4 heterocycles. The van der Waals surface area contributed by atoms with Gasteiger partial charge in [-0.1, -0.05) is 0 Å². The lowest BCUT2D eigenvalue weighted by Gasteiger charge is -2.31. The van der Waals surface area contributed by atoms with Crippen molar-refractivity contribution in [2.24, 2.45) is 5.92 Å². The standard InChI is InChI=1S/C19H25N5O/c1-3-15(4-2-14(1)21-9-13-6-8-25-11-13)24-12-23-17-10-22-19-16(18(17)24)5-7-20-19/h5,7,10,12-15,21H,1-4,6,8-9,11H2,(H,20,22). The third kappa shape index (κ3) is 2.83. The van der Waals surface area contributed by atoms with Crippen LogP contribution in [0.4, 0.5) is 0 Å². The lowest BCUT2D eigenvalue weighted by molar-refractivity contribution is 0.183. The van der Waals surface area contributed by atoms with Gasteiger partial charge in [-0.05, 0) is 44.1 Å². The van der Waals surface area contributed by atoms with Gasteiger partial charge in [0, 0.05) is 36.8 Å². The summed E-state index contributed by atoms with van der Waals surface area (Å²) in [5.74, 6) is 0.713. The number of H-pyrrole nitrogens is 1. The van der Waals surface area contributed by atoms with Crippen LogP contribution in [0.15, 0.2) is 24.8 Å². The van der Waals surface area contributed by atoms with Crippen LogP contribution in [-0.2, 0) is 4.74 Å². The Kier molecular flexibility index (Phi) is 3.94. The lowest BCUT2D eigenvalue weighted by Crippen LogP contribution is -2.36. The molecule has 132 valence electrons. The molecular formula is C19H25N5O. The molecule has 1 atom stereocenters. The summed E-state index contributed by atoms with van der Waals surface area (Å²) in [6.07, 6.45) is 11.9. The molecule has 2 aliphatic rings. The predicted octanol–water partition coefficient (Wildman–Crippen LogP) is 3.02. The lowest BCUT2D eigenvalue weighted by atomic mass is 9.90. The summed E-state index contributed by atoms with van der Waals surface area (Å²) in [5.41, 5.74) is 3.17. The summed E-state index contributed by atoms with van der Waals surface area (Å²) >= 11 is 0. The first kappa shape index (κ1) is 15.3. The van der Waals surface area contributed by atoms with E-state index < -0.39 is 0 Å². The van der Waals surface area contributed by atoms with Crippen molar-refractivity contribution in [1.29, 1.82) is 0 Å². The van der Waals surface area contributed by atoms with E-state index in [1.165, 1.54) is 43.0 Å². The summed E-state index contributed by atoms with van der Waals surface area (Å²) in [5, 5.41) is 4.95. The van der Waals surface area contributed by atoms with Gasteiger partial charge >= 0.3 is 0 Å². The van der Waals surface area contributed by atoms with Crippen LogP contribution in [0.3, 0.4) is 0 Å². The molecule has 2 N–H and O–H groups in total. The number of nitrogens with zero attached hydrogens (tertiary/aromatic N) is 3. The maximum absolute atomic E-state index is 5.47. The second-order valence-electron chi connectivity index (χ2n) is 7.53. The number of pyridine rings is 1. The van der Waals surface area contributed by atoms with Crippen molar-refractivity contribution >= 4 is 22.1 Å². The molecule has 5 rings (SSSR count). The van der Waals surface area contributed by atoms with Gasteiger partial charge in [-0.2, -0.15) is 0 Å². The van der Waals surface area contributed by atoms with E-state index in [0.29, 0.717) is 18.0 Å². The van der Waals surface area contributed by atoms with Crippen molar-refractivity contribution in [1.82, 2.24) is 24.8 Å². The van der Waals surface area contributed by atoms with Crippen LogP contribution in [0, 0.1) is 5.92 Å². The molecule has 25 heavy (non-hydrogen) atoms. The predicted molar refractivity (Wildman–Crippen MR) is 97.6 cm³/mol. The Hall–Kier alpha value is -1.92. The summed E-state index contributed by atoms with van der Waals surface area (Å²) < 4.78 is 7.86. The van der Waals surface area contributed by atoms with Crippen LogP contribution in [0.25, 0.3) is 22.1 Å². The smallest absolute Gasteiger partial charge is 0.139 e. The third-order valence-corrected chi connectivity index (χ3v) is 5.93. The minimum Gasteiger partial charge on any atom is -0.381 e. The zero-order valence-electron chi connectivity index (χ0n) is 14.4. The van der Waals surface area contributed by atoms with Crippen molar-refractivity contribution in [2.75, 3.05) is 19.8 Å². The first-order valence-electron chi connectivity index (χ1n) is 9.48. The zero-order chi connectivity index (χ0) is 16.6.